The molecule has 0 radical (unpaired) electrons. The van der Waals surface area contributed by atoms with E-state index in [0.29, 0.717) is 40.7 Å². The van der Waals surface area contributed by atoms with E-state index < -0.39 is 11.8 Å². The predicted octanol–water partition coefficient (Wildman–Crippen LogP) is 3.39. The Morgan fingerprint density at radius 2 is 1.63 bits per heavy atom. The first-order chi connectivity index (χ1) is 18.4. The van der Waals surface area contributed by atoms with Crippen molar-refractivity contribution in [2.45, 2.75) is 12.2 Å². The van der Waals surface area contributed by atoms with Crippen LogP contribution < -0.4 is 18.9 Å². The molecule has 0 spiro atoms. The average molecular weight is 528 g/mol. The van der Waals surface area contributed by atoms with Gasteiger partial charge in [-0.1, -0.05) is 0 Å². The van der Waals surface area contributed by atoms with Crippen LogP contribution in [0.5, 0.6) is 23.0 Å². The number of rotatable bonds is 12. The second-order valence-corrected chi connectivity index (χ2v) is 8.89. The zero-order valence-electron chi connectivity index (χ0n) is 22.5. The summed E-state index contributed by atoms with van der Waals surface area (Å²) in [5.74, 6) is 0.267. The van der Waals surface area contributed by atoms with Crippen LogP contribution in [0.1, 0.15) is 11.1 Å². The summed E-state index contributed by atoms with van der Waals surface area (Å²) < 4.78 is 34.5. The van der Waals surface area contributed by atoms with Gasteiger partial charge in [-0.15, -0.1) is 0 Å². The van der Waals surface area contributed by atoms with E-state index in [9.17, 15) is 4.79 Å². The fourth-order valence-corrected chi connectivity index (χ4v) is 4.43. The SMILES string of the molecule is COc1ccc(C2(OCCN(C)C)OC(=O)C(C3=CCOO3)=C2Cc2cc(OC)c(OC)c(OC)c2)cc1. The van der Waals surface area contributed by atoms with E-state index in [2.05, 4.69) is 0 Å². The molecule has 38 heavy (non-hydrogen) atoms. The van der Waals surface area contributed by atoms with Crippen LogP contribution in [-0.2, 0) is 36.3 Å². The Bertz CT molecular complexity index is 1190. The minimum Gasteiger partial charge on any atom is -0.497 e. The summed E-state index contributed by atoms with van der Waals surface area (Å²) >= 11 is 0. The van der Waals surface area contributed by atoms with Gasteiger partial charge in [-0.3, -0.25) is 0 Å². The van der Waals surface area contributed by atoms with Crippen LogP contribution in [0.25, 0.3) is 0 Å². The van der Waals surface area contributed by atoms with Crippen LogP contribution in [0.2, 0.25) is 0 Å². The highest BCUT2D eigenvalue weighted by Crippen LogP contribution is 2.48. The number of nitrogens with zero attached hydrogens (tertiary/aromatic N) is 1. The molecule has 2 aromatic rings. The van der Waals surface area contributed by atoms with Gasteiger partial charge in [0, 0.05) is 24.1 Å². The highest BCUT2D eigenvalue weighted by atomic mass is 17.2. The summed E-state index contributed by atoms with van der Waals surface area (Å²) in [6.45, 7) is 1.10. The maximum Gasteiger partial charge on any atom is 0.345 e. The zero-order chi connectivity index (χ0) is 27.3. The molecule has 0 amide bonds. The Morgan fingerprint density at radius 3 is 2.16 bits per heavy atom. The third kappa shape index (κ3) is 5.28. The Morgan fingerprint density at radius 1 is 0.947 bits per heavy atom. The van der Waals surface area contributed by atoms with Gasteiger partial charge >= 0.3 is 5.97 Å². The van der Waals surface area contributed by atoms with Crippen molar-refractivity contribution in [2.24, 2.45) is 0 Å². The largest absolute Gasteiger partial charge is 0.497 e. The van der Waals surface area contributed by atoms with E-state index >= 15 is 0 Å². The predicted molar refractivity (Wildman–Crippen MR) is 137 cm³/mol. The van der Waals surface area contributed by atoms with E-state index in [1.165, 1.54) is 0 Å². The second kappa shape index (κ2) is 11.8. The molecule has 10 heteroatoms. The van der Waals surface area contributed by atoms with Crippen molar-refractivity contribution in [1.29, 1.82) is 0 Å². The lowest BCUT2D eigenvalue weighted by molar-refractivity contribution is -0.231. The number of esters is 1. The summed E-state index contributed by atoms with van der Waals surface area (Å²) in [5, 5.41) is 0. The standard InChI is InChI=1S/C28H33NO9/c1-29(2)12-14-35-28(19-7-9-20(31-3)10-8-19)21(25(27(30)37-28)22-11-13-36-38-22)15-18-16-23(32-4)26(34-6)24(17-18)33-5/h7-11,16-17H,12-15H2,1-6H3. The summed E-state index contributed by atoms with van der Waals surface area (Å²) in [4.78, 5) is 25.9. The molecule has 0 bridgehead atoms. The maximum absolute atomic E-state index is 13.5. The molecule has 10 nitrogen and oxygen atoms in total. The average Bonchev–Trinajstić information content (AvgIpc) is 3.54. The molecule has 0 fully saturated rings. The Balaban J connectivity index is 1.90. The molecule has 0 N–H and O–H groups in total. The number of hydrogen-bond donors (Lipinski definition) is 0. The molecular formula is C28H33NO9. The molecule has 2 heterocycles. The normalized spacial score (nSPS) is 18.8. The molecule has 204 valence electrons. The first-order valence-corrected chi connectivity index (χ1v) is 12.1. The van der Waals surface area contributed by atoms with Crippen LogP contribution in [0.15, 0.2) is 59.4 Å². The van der Waals surface area contributed by atoms with E-state index in [1.54, 1.807) is 46.6 Å². The van der Waals surface area contributed by atoms with Crippen LogP contribution in [-0.4, -0.2) is 73.2 Å². The fraction of sp³-hybridized carbons (Fsp3) is 0.393. The summed E-state index contributed by atoms with van der Waals surface area (Å²) in [5.41, 5.74) is 2.20. The quantitative estimate of drug-likeness (QED) is 0.302. The van der Waals surface area contributed by atoms with E-state index in [4.69, 9.17) is 38.2 Å². The van der Waals surface area contributed by atoms with Crippen molar-refractivity contribution in [3.05, 3.63) is 70.5 Å². The number of benzene rings is 2. The van der Waals surface area contributed by atoms with Crippen molar-refractivity contribution < 1.29 is 43.0 Å². The summed E-state index contributed by atoms with van der Waals surface area (Å²) in [6, 6.07) is 10.9. The Labute approximate surface area is 222 Å². The van der Waals surface area contributed by atoms with Gasteiger partial charge in [0.25, 0.3) is 5.79 Å². The van der Waals surface area contributed by atoms with Gasteiger partial charge in [0.2, 0.25) is 5.75 Å². The van der Waals surface area contributed by atoms with Gasteiger partial charge in [0.15, 0.2) is 17.3 Å². The topological polar surface area (TPSA) is 94.2 Å². The second-order valence-electron chi connectivity index (χ2n) is 8.89. The van der Waals surface area contributed by atoms with Crippen molar-refractivity contribution in [3.8, 4) is 23.0 Å². The molecule has 0 saturated carbocycles. The number of ether oxygens (including phenoxy) is 6. The molecule has 4 rings (SSSR count). The zero-order valence-corrected chi connectivity index (χ0v) is 22.5. The highest BCUT2D eigenvalue weighted by Gasteiger charge is 2.52. The molecule has 0 saturated heterocycles. The molecule has 0 aromatic heterocycles. The summed E-state index contributed by atoms with van der Waals surface area (Å²) in [6.07, 6.45) is 1.93. The highest BCUT2D eigenvalue weighted by molar-refractivity contribution is 5.97. The third-order valence-corrected chi connectivity index (χ3v) is 6.29. The van der Waals surface area contributed by atoms with Crippen molar-refractivity contribution >= 4 is 5.97 Å². The van der Waals surface area contributed by atoms with Crippen LogP contribution in [0.4, 0.5) is 0 Å². The number of carbonyl (C=O) groups excluding carboxylic acids is 1. The Hall–Kier alpha value is -3.73. The van der Waals surface area contributed by atoms with Crippen molar-refractivity contribution in [1.82, 2.24) is 4.90 Å². The summed E-state index contributed by atoms with van der Waals surface area (Å²) in [7, 11) is 10.1. The van der Waals surface area contributed by atoms with Gasteiger partial charge in [0.1, 0.15) is 17.9 Å². The molecule has 2 aromatic carbocycles. The fourth-order valence-electron chi connectivity index (χ4n) is 4.43. The first kappa shape index (κ1) is 27.3. The number of methoxy groups -OCH3 is 4. The van der Waals surface area contributed by atoms with Gasteiger partial charge < -0.3 is 38.2 Å². The number of carbonyl (C=O) groups is 1. The van der Waals surface area contributed by atoms with Gasteiger partial charge in [-0.2, -0.15) is 4.89 Å². The number of cyclic esters (lactones) is 1. The lowest BCUT2D eigenvalue weighted by Crippen LogP contribution is -2.36. The minimum absolute atomic E-state index is 0.209. The van der Waals surface area contributed by atoms with Crippen molar-refractivity contribution in [2.75, 3.05) is 62.3 Å². The molecule has 1 atom stereocenters. The van der Waals surface area contributed by atoms with Gasteiger partial charge in [0.05, 0.1) is 35.0 Å². The molecular weight excluding hydrogens is 494 g/mol. The monoisotopic (exact) mass is 527 g/mol. The third-order valence-electron chi connectivity index (χ3n) is 6.29. The molecule has 2 aliphatic heterocycles. The van der Waals surface area contributed by atoms with Crippen molar-refractivity contribution in [3.63, 3.8) is 0 Å². The van der Waals surface area contributed by atoms with Crippen LogP contribution in [0, 0.1) is 0 Å². The smallest absolute Gasteiger partial charge is 0.345 e. The minimum atomic E-state index is -1.53. The van der Waals surface area contributed by atoms with Crippen LogP contribution in [0.3, 0.4) is 0 Å². The molecule has 1 unspecified atom stereocenters. The Kier molecular flexibility index (Phi) is 8.45. The molecule has 0 aliphatic carbocycles. The lowest BCUT2D eigenvalue weighted by atomic mass is 9.89. The van der Waals surface area contributed by atoms with E-state index in [0.717, 1.165) is 5.56 Å². The van der Waals surface area contributed by atoms with Gasteiger partial charge in [-0.25, -0.2) is 4.79 Å². The lowest BCUT2D eigenvalue weighted by Gasteiger charge is -2.32. The first-order valence-electron chi connectivity index (χ1n) is 12.1. The van der Waals surface area contributed by atoms with Gasteiger partial charge in [-0.05, 0) is 62.1 Å². The van der Waals surface area contributed by atoms with Crippen LogP contribution >= 0.6 is 0 Å². The van der Waals surface area contributed by atoms with E-state index in [1.807, 2.05) is 43.3 Å². The number of hydrogen-bond acceptors (Lipinski definition) is 10. The van der Waals surface area contributed by atoms with E-state index in [-0.39, 0.29) is 31.0 Å². The maximum atomic E-state index is 13.5. The number of likely N-dealkylation sites (N-methyl/N-ethyl adjacent to an activating group) is 1. The molecule has 2 aliphatic rings.